The number of nitrogens with one attached hydrogen (secondary N) is 2. The third-order valence-electron chi connectivity index (χ3n) is 5.40. The number of benzene rings is 2. The number of hydrogen-bond donors (Lipinski definition) is 2. The van der Waals surface area contributed by atoms with E-state index >= 15 is 0 Å². The lowest BCUT2D eigenvalue weighted by Gasteiger charge is -2.22. The van der Waals surface area contributed by atoms with Crippen LogP contribution in [0.4, 0.5) is 0 Å². The molecular weight excluding hydrogens is 292 g/mol. The highest BCUT2D eigenvalue weighted by Crippen LogP contribution is 2.23. The Labute approximate surface area is 147 Å². The molecule has 24 heavy (non-hydrogen) atoms. The van der Waals surface area contributed by atoms with Crippen LogP contribution in [0.15, 0.2) is 42.5 Å². The van der Waals surface area contributed by atoms with E-state index in [9.17, 15) is 0 Å². The summed E-state index contributed by atoms with van der Waals surface area (Å²) >= 11 is 0. The summed E-state index contributed by atoms with van der Waals surface area (Å²) in [5, 5.41) is 10.2. The van der Waals surface area contributed by atoms with Gasteiger partial charge in [-0.15, -0.1) is 0 Å². The Bertz CT molecular complexity index is 609. The lowest BCUT2D eigenvalue weighted by molar-refractivity contribution is 0.386. The van der Waals surface area contributed by atoms with Crippen molar-refractivity contribution in [3.05, 3.63) is 48.0 Å². The van der Waals surface area contributed by atoms with Gasteiger partial charge in [0.2, 0.25) is 0 Å². The molecule has 1 aliphatic carbocycles. The highest BCUT2D eigenvalue weighted by atomic mass is 15.0. The fourth-order valence-electron chi connectivity index (χ4n) is 3.96. The maximum atomic E-state index is 3.77. The molecule has 0 bridgehead atoms. The molecule has 2 nitrogen and oxygen atoms in total. The van der Waals surface area contributed by atoms with E-state index in [1.807, 2.05) is 0 Å². The summed E-state index contributed by atoms with van der Waals surface area (Å²) in [5.74, 6) is 0. The average Bonchev–Trinajstić information content (AvgIpc) is 2.59. The van der Waals surface area contributed by atoms with E-state index in [2.05, 4.69) is 60.0 Å². The molecule has 1 aliphatic rings. The van der Waals surface area contributed by atoms with Crippen LogP contribution in [0.1, 0.15) is 63.5 Å². The molecule has 0 heterocycles. The molecule has 0 aromatic heterocycles. The van der Waals surface area contributed by atoms with Crippen molar-refractivity contribution in [3.63, 3.8) is 0 Å². The van der Waals surface area contributed by atoms with Crippen LogP contribution in [0.3, 0.4) is 0 Å². The number of fused-ring (bicyclic) bond motifs is 1. The normalized spacial score (nSPS) is 18.2. The summed E-state index contributed by atoms with van der Waals surface area (Å²) in [6.07, 6.45) is 9.81. The van der Waals surface area contributed by atoms with Gasteiger partial charge in [0.15, 0.2) is 0 Å². The first-order valence-electron chi connectivity index (χ1n) is 9.79. The van der Waals surface area contributed by atoms with Crippen LogP contribution >= 0.6 is 0 Å². The summed E-state index contributed by atoms with van der Waals surface area (Å²) < 4.78 is 0. The molecule has 130 valence electrons. The Morgan fingerprint density at radius 2 is 1.58 bits per heavy atom. The zero-order chi connectivity index (χ0) is 16.6. The van der Waals surface area contributed by atoms with Gasteiger partial charge in [-0.1, -0.05) is 74.6 Å². The van der Waals surface area contributed by atoms with Crippen LogP contribution in [0, 0.1) is 0 Å². The topological polar surface area (TPSA) is 24.1 Å². The first kappa shape index (κ1) is 17.4. The molecule has 3 rings (SSSR count). The van der Waals surface area contributed by atoms with Crippen molar-refractivity contribution in [1.82, 2.24) is 10.6 Å². The maximum Gasteiger partial charge on any atom is 0.0298 e. The van der Waals surface area contributed by atoms with Gasteiger partial charge in [0.25, 0.3) is 0 Å². The van der Waals surface area contributed by atoms with Gasteiger partial charge in [-0.3, -0.25) is 0 Å². The van der Waals surface area contributed by atoms with E-state index in [1.165, 1.54) is 61.3 Å². The van der Waals surface area contributed by atoms with Crippen molar-refractivity contribution in [2.45, 2.75) is 64.0 Å². The van der Waals surface area contributed by atoms with Crippen LogP contribution in [0.5, 0.6) is 0 Å². The quantitative estimate of drug-likeness (QED) is 0.714. The van der Waals surface area contributed by atoms with E-state index < -0.39 is 0 Å². The molecule has 0 radical (unpaired) electrons. The van der Waals surface area contributed by atoms with Crippen molar-refractivity contribution in [1.29, 1.82) is 0 Å². The van der Waals surface area contributed by atoms with Crippen LogP contribution < -0.4 is 10.6 Å². The number of hydrogen-bond acceptors (Lipinski definition) is 2. The molecule has 0 saturated heterocycles. The van der Waals surface area contributed by atoms with Crippen LogP contribution in [-0.2, 0) is 0 Å². The van der Waals surface area contributed by atoms with E-state index in [1.54, 1.807) is 0 Å². The molecule has 0 unspecified atom stereocenters. The van der Waals surface area contributed by atoms with Gasteiger partial charge >= 0.3 is 0 Å². The molecule has 1 fully saturated rings. The second-order valence-corrected chi connectivity index (χ2v) is 7.24. The molecule has 0 aliphatic heterocycles. The Morgan fingerprint density at radius 1 is 0.875 bits per heavy atom. The zero-order valence-corrected chi connectivity index (χ0v) is 15.1. The minimum atomic E-state index is 0.384. The second kappa shape index (κ2) is 9.19. The Kier molecular flexibility index (Phi) is 6.68. The van der Waals surface area contributed by atoms with Gasteiger partial charge in [-0.05, 0) is 36.1 Å². The Hall–Kier alpha value is -1.38. The van der Waals surface area contributed by atoms with Crippen molar-refractivity contribution in [2.75, 3.05) is 13.1 Å². The third kappa shape index (κ3) is 4.81. The fraction of sp³-hybridized carbons (Fsp3) is 0.545. The van der Waals surface area contributed by atoms with Crippen molar-refractivity contribution in [3.8, 4) is 0 Å². The van der Waals surface area contributed by atoms with E-state index in [0.29, 0.717) is 6.04 Å². The lowest BCUT2D eigenvalue weighted by atomic mass is 9.97. The van der Waals surface area contributed by atoms with Gasteiger partial charge in [0, 0.05) is 25.2 Å². The first-order valence-corrected chi connectivity index (χ1v) is 9.79. The van der Waals surface area contributed by atoms with Gasteiger partial charge < -0.3 is 10.6 Å². The van der Waals surface area contributed by atoms with Crippen molar-refractivity contribution >= 4 is 10.8 Å². The maximum absolute atomic E-state index is 3.77. The summed E-state index contributed by atoms with van der Waals surface area (Å²) in [4.78, 5) is 0. The molecule has 2 aromatic carbocycles. The Morgan fingerprint density at radius 3 is 2.42 bits per heavy atom. The van der Waals surface area contributed by atoms with Crippen LogP contribution in [-0.4, -0.2) is 19.1 Å². The standard InChI is InChI=1S/C22H32N2/c1-18(21-15-9-11-19-10-7-8-14-22(19)21)23-16-17-24-20-12-5-3-2-4-6-13-20/h7-11,14-15,18,20,23-24H,2-6,12-13,16-17H2,1H3/t18-/m0/s1. The van der Waals surface area contributed by atoms with E-state index in [0.717, 1.165) is 19.1 Å². The van der Waals surface area contributed by atoms with Crippen LogP contribution in [0.2, 0.25) is 0 Å². The van der Waals surface area contributed by atoms with Crippen LogP contribution in [0.25, 0.3) is 10.8 Å². The minimum absolute atomic E-state index is 0.384. The molecule has 1 atom stereocenters. The van der Waals surface area contributed by atoms with Crippen molar-refractivity contribution in [2.24, 2.45) is 0 Å². The largest absolute Gasteiger partial charge is 0.313 e. The molecule has 2 heteroatoms. The predicted molar refractivity (Wildman–Crippen MR) is 104 cm³/mol. The second-order valence-electron chi connectivity index (χ2n) is 7.24. The molecule has 1 saturated carbocycles. The van der Waals surface area contributed by atoms with Crippen molar-refractivity contribution < 1.29 is 0 Å². The molecule has 0 spiro atoms. The summed E-state index contributed by atoms with van der Waals surface area (Å²) in [6, 6.07) is 16.4. The fourth-order valence-corrected chi connectivity index (χ4v) is 3.96. The van der Waals surface area contributed by atoms with Gasteiger partial charge in [-0.2, -0.15) is 0 Å². The molecular formula is C22H32N2. The molecule has 0 amide bonds. The average molecular weight is 325 g/mol. The molecule has 2 N–H and O–H groups in total. The van der Waals surface area contributed by atoms with E-state index in [-0.39, 0.29) is 0 Å². The summed E-state index contributed by atoms with van der Waals surface area (Å²) in [7, 11) is 0. The van der Waals surface area contributed by atoms with Gasteiger partial charge in [-0.25, -0.2) is 0 Å². The lowest BCUT2D eigenvalue weighted by Crippen LogP contribution is -2.36. The highest BCUT2D eigenvalue weighted by molar-refractivity contribution is 5.86. The summed E-state index contributed by atoms with van der Waals surface area (Å²) in [5.41, 5.74) is 1.40. The monoisotopic (exact) mass is 324 g/mol. The smallest absolute Gasteiger partial charge is 0.0298 e. The first-order chi connectivity index (χ1) is 11.8. The highest BCUT2D eigenvalue weighted by Gasteiger charge is 2.11. The Balaban J connectivity index is 1.47. The van der Waals surface area contributed by atoms with E-state index in [4.69, 9.17) is 0 Å². The predicted octanol–water partition coefficient (Wildman–Crippen LogP) is 5.19. The summed E-state index contributed by atoms with van der Waals surface area (Å²) in [6.45, 7) is 4.37. The van der Waals surface area contributed by atoms with Gasteiger partial charge in [0.1, 0.15) is 0 Å². The minimum Gasteiger partial charge on any atom is -0.313 e. The SMILES string of the molecule is C[C@H](NCCNC1CCCCCCC1)c1cccc2ccccc12. The third-order valence-corrected chi connectivity index (χ3v) is 5.40. The molecule has 2 aromatic rings. The zero-order valence-electron chi connectivity index (χ0n) is 15.1. The number of rotatable bonds is 6. The van der Waals surface area contributed by atoms with Gasteiger partial charge in [0.05, 0.1) is 0 Å².